The first-order valence-corrected chi connectivity index (χ1v) is 4.65. The first kappa shape index (κ1) is 9.30. The van der Waals surface area contributed by atoms with Gasteiger partial charge >= 0.3 is 0 Å². The third kappa shape index (κ3) is 2.10. The van der Waals surface area contributed by atoms with E-state index < -0.39 is 0 Å². The number of carbonyl (C=O) groups is 1. The van der Waals surface area contributed by atoms with Gasteiger partial charge in [0.25, 0.3) is 0 Å². The summed E-state index contributed by atoms with van der Waals surface area (Å²) in [6, 6.07) is 0.444. The lowest BCUT2D eigenvalue weighted by Gasteiger charge is -2.04. The van der Waals surface area contributed by atoms with Crippen LogP contribution < -0.4 is 5.32 Å². The highest BCUT2D eigenvalue weighted by molar-refractivity contribution is 5.93. The van der Waals surface area contributed by atoms with Crippen molar-refractivity contribution >= 4 is 5.91 Å². The second kappa shape index (κ2) is 3.74. The molecule has 2 unspecified atom stereocenters. The number of nitrogens with one attached hydrogen (secondary N) is 1. The normalized spacial score (nSPS) is 28.4. The Labute approximate surface area is 74.0 Å². The van der Waals surface area contributed by atoms with Crippen LogP contribution in [0.25, 0.3) is 0 Å². The van der Waals surface area contributed by atoms with E-state index in [0.717, 1.165) is 18.4 Å². The van der Waals surface area contributed by atoms with Gasteiger partial charge in [0, 0.05) is 11.6 Å². The van der Waals surface area contributed by atoms with Gasteiger partial charge in [-0.15, -0.1) is 0 Å². The number of rotatable bonds is 3. The lowest BCUT2D eigenvalue weighted by Crippen LogP contribution is -2.27. The van der Waals surface area contributed by atoms with Crippen molar-refractivity contribution in [1.82, 2.24) is 5.32 Å². The van der Waals surface area contributed by atoms with Crippen molar-refractivity contribution in [2.24, 2.45) is 5.92 Å². The zero-order valence-corrected chi connectivity index (χ0v) is 8.05. The van der Waals surface area contributed by atoms with Crippen LogP contribution in [0.15, 0.2) is 11.6 Å². The molecular weight excluding hydrogens is 150 g/mol. The molecule has 0 radical (unpaired) electrons. The molecule has 1 amide bonds. The maximum atomic E-state index is 11.4. The molecule has 0 saturated heterocycles. The molecule has 2 nitrogen and oxygen atoms in total. The number of amides is 1. The molecule has 0 bridgehead atoms. The molecule has 0 spiro atoms. The average Bonchev–Trinajstić information content (AvgIpc) is 2.69. The lowest BCUT2D eigenvalue weighted by molar-refractivity contribution is -0.117. The molecular formula is C10H17NO. The van der Waals surface area contributed by atoms with Gasteiger partial charge in [-0.05, 0) is 25.7 Å². The van der Waals surface area contributed by atoms with E-state index in [1.54, 1.807) is 0 Å². The second-order valence-corrected chi connectivity index (χ2v) is 3.46. The first-order valence-electron chi connectivity index (χ1n) is 4.65. The minimum absolute atomic E-state index is 0.120. The predicted octanol–water partition coefficient (Wildman–Crippen LogP) is 1.87. The maximum absolute atomic E-state index is 11.4. The summed E-state index contributed by atoms with van der Waals surface area (Å²) < 4.78 is 0. The van der Waals surface area contributed by atoms with Crippen LogP contribution in [0.5, 0.6) is 0 Å². The zero-order valence-electron chi connectivity index (χ0n) is 8.05. The second-order valence-electron chi connectivity index (χ2n) is 3.46. The molecule has 2 heteroatoms. The highest BCUT2D eigenvalue weighted by Crippen LogP contribution is 2.29. The molecule has 1 rings (SSSR count). The van der Waals surface area contributed by atoms with Gasteiger partial charge < -0.3 is 5.32 Å². The molecule has 1 fully saturated rings. The van der Waals surface area contributed by atoms with Gasteiger partial charge in [0.1, 0.15) is 0 Å². The van der Waals surface area contributed by atoms with Gasteiger partial charge in [0.15, 0.2) is 0 Å². The Morgan fingerprint density at radius 2 is 2.25 bits per heavy atom. The van der Waals surface area contributed by atoms with Crippen LogP contribution in [0, 0.1) is 5.92 Å². The summed E-state index contributed by atoms with van der Waals surface area (Å²) in [4.78, 5) is 11.4. The largest absolute Gasteiger partial charge is 0.349 e. The lowest BCUT2D eigenvalue weighted by atomic mass is 10.2. The average molecular weight is 167 g/mol. The molecule has 1 aliphatic carbocycles. The summed E-state index contributed by atoms with van der Waals surface area (Å²) in [5, 5.41) is 3.00. The van der Waals surface area contributed by atoms with E-state index in [2.05, 4.69) is 12.2 Å². The molecule has 0 aliphatic heterocycles. The van der Waals surface area contributed by atoms with Crippen LogP contribution in [-0.2, 0) is 4.79 Å². The van der Waals surface area contributed by atoms with Crippen LogP contribution in [0.4, 0.5) is 0 Å². The highest BCUT2D eigenvalue weighted by atomic mass is 16.1. The fourth-order valence-electron chi connectivity index (χ4n) is 1.28. The van der Waals surface area contributed by atoms with Crippen molar-refractivity contribution in [2.45, 2.75) is 39.7 Å². The monoisotopic (exact) mass is 167 g/mol. The van der Waals surface area contributed by atoms with Crippen molar-refractivity contribution in [3.8, 4) is 0 Å². The predicted molar refractivity (Wildman–Crippen MR) is 49.8 cm³/mol. The molecule has 1 aliphatic rings. The number of allylic oxidation sites excluding steroid dienone is 1. The number of hydrogen-bond acceptors (Lipinski definition) is 1. The maximum Gasteiger partial charge on any atom is 0.247 e. The highest BCUT2D eigenvalue weighted by Gasteiger charge is 2.33. The third-order valence-electron chi connectivity index (χ3n) is 2.45. The van der Waals surface area contributed by atoms with E-state index in [1.807, 2.05) is 19.9 Å². The summed E-state index contributed by atoms with van der Waals surface area (Å²) in [6.07, 6.45) is 3.86. The van der Waals surface area contributed by atoms with Gasteiger partial charge in [-0.2, -0.15) is 0 Å². The van der Waals surface area contributed by atoms with E-state index in [1.165, 1.54) is 0 Å². The molecule has 0 heterocycles. The Kier molecular flexibility index (Phi) is 2.90. The molecule has 0 aromatic carbocycles. The quantitative estimate of drug-likeness (QED) is 0.639. The summed E-state index contributed by atoms with van der Waals surface area (Å²) in [5.41, 5.74) is 0.897. The van der Waals surface area contributed by atoms with Gasteiger partial charge in [-0.1, -0.05) is 19.9 Å². The van der Waals surface area contributed by atoms with Gasteiger partial charge in [-0.25, -0.2) is 0 Å². The van der Waals surface area contributed by atoms with Crippen LogP contribution in [-0.4, -0.2) is 11.9 Å². The summed E-state index contributed by atoms with van der Waals surface area (Å²) in [7, 11) is 0. The Hall–Kier alpha value is -0.790. The van der Waals surface area contributed by atoms with E-state index in [9.17, 15) is 4.79 Å². The standard InChI is InChI=1S/C10H17NO/c1-4-8(5-2)10(12)11-9-6-7(9)3/h4,7,9H,5-6H2,1-3H3,(H,11,12)/b8-4-. The van der Waals surface area contributed by atoms with Crippen molar-refractivity contribution in [1.29, 1.82) is 0 Å². The van der Waals surface area contributed by atoms with Crippen molar-refractivity contribution < 1.29 is 4.79 Å². The van der Waals surface area contributed by atoms with Gasteiger partial charge in [0.2, 0.25) is 5.91 Å². The molecule has 2 atom stereocenters. The van der Waals surface area contributed by atoms with Crippen molar-refractivity contribution in [3.05, 3.63) is 11.6 Å². The summed E-state index contributed by atoms with van der Waals surface area (Å²) >= 11 is 0. The van der Waals surface area contributed by atoms with Gasteiger partial charge in [0.05, 0.1) is 0 Å². The van der Waals surface area contributed by atoms with E-state index in [-0.39, 0.29) is 5.91 Å². The minimum Gasteiger partial charge on any atom is -0.349 e. The zero-order chi connectivity index (χ0) is 9.14. The molecule has 68 valence electrons. The Morgan fingerprint density at radius 3 is 2.58 bits per heavy atom. The SMILES string of the molecule is C/C=C(/CC)C(=O)NC1CC1C. The summed E-state index contributed by atoms with van der Waals surface area (Å²) in [5.74, 6) is 0.804. The van der Waals surface area contributed by atoms with Crippen LogP contribution in [0.2, 0.25) is 0 Å². The fourth-order valence-corrected chi connectivity index (χ4v) is 1.28. The van der Waals surface area contributed by atoms with Crippen molar-refractivity contribution in [2.75, 3.05) is 0 Å². The molecule has 0 aromatic rings. The molecule has 1 N–H and O–H groups in total. The summed E-state index contributed by atoms with van der Waals surface area (Å²) in [6.45, 7) is 6.08. The Morgan fingerprint density at radius 1 is 1.67 bits per heavy atom. The van der Waals surface area contributed by atoms with E-state index >= 15 is 0 Å². The Balaban J connectivity index is 2.37. The Bertz CT molecular complexity index is 208. The van der Waals surface area contributed by atoms with Crippen LogP contribution >= 0.6 is 0 Å². The van der Waals surface area contributed by atoms with Crippen LogP contribution in [0.1, 0.15) is 33.6 Å². The topological polar surface area (TPSA) is 29.1 Å². The number of carbonyl (C=O) groups excluding carboxylic acids is 1. The first-order chi connectivity index (χ1) is 5.69. The smallest absolute Gasteiger partial charge is 0.247 e. The van der Waals surface area contributed by atoms with E-state index in [0.29, 0.717) is 12.0 Å². The number of hydrogen-bond donors (Lipinski definition) is 1. The molecule has 12 heavy (non-hydrogen) atoms. The molecule has 1 saturated carbocycles. The third-order valence-corrected chi connectivity index (χ3v) is 2.45. The van der Waals surface area contributed by atoms with Crippen molar-refractivity contribution in [3.63, 3.8) is 0 Å². The fraction of sp³-hybridized carbons (Fsp3) is 0.700. The molecule has 0 aromatic heterocycles. The van der Waals surface area contributed by atoms with Gasteiger partial charge in [-0.3, -0.25) is 4.79 Å². The van der Waals surface area contributed by atoms with E-state index in [4.69, 9.17) is 0 Å². The van der Waals surface area contributed by atoms with Crippen LogP contribution in [0.3, 0.4) is 0 Å². The minimum atomic E-state index is 0.120.